The summed E-state index contributed by atoms with van der Waals surface area (Å²) >= 11 is 0. The van der Waals surface area contributed by atoms with Crippen molar-refractivity contribution in [2.75, 3.05) is 26.2 Å². The zero-order chi connectivity index (χ0) is 17.4. The zero-order valence-corrected chi connectivity index (χ0v) is 16.2. The molecule has 1 aliphatic heterocycles. The number of fused-ring (bicyclic) bond motifs is 2. The third-order valence-electron chi connectivity index (χ3n) is 10.1. The molecule has 6 rings (SSSR count). The van der Waals surface area contributed by atoms with Crippen LogP contribution in [0.4, 0.5) is 0 Å². The van der Waals surface area contributed by atoms with Gasteiger partial charge in [-0.05, 0) is 79.4 Å². The van der Waals surface area contributed by atoms with E-state index in [2.05, 4.69) is 18.7 Å². The summed E-state index contributed by atoms with van der Waals surface area (Å²) in [5.74, 6) is 2.83. The second-order valence-electron chi connectivity index (χ2n) is 10.9. The van der Waals surface area contributed by atoms with Crippen molar-refractivity contribution in [2.24, 2.45) is 39.9 Å². The normalized spacial score (nSPS) is 57.8. The first-order chi connectivity index (χ1) is 12.0. The Morgan fingerprint density at radius 1 is 1.00 bits per heavy atom. The Labute approximate surface area is 153 Å². The average Bonchev–Trinajstić information content (AvgIpc) is 2.58. The predicted molar refractivity (Wildman–Crippen MR) is 99.1 cm³/mol. The Balaban J connectivity index is 1.58. The van der Waals surface area contributed by atoms with Crippen LogP contribution >= 0.6 is 0 Å². The Bertz CT molecular complexity index is 552. The van der Waals surface area contributed by atoms with E-state index in [4.69, 9.17) is 0 Å². The average molecular weight is 348 g/mol. The van der Waals surface area contributed by atoms with Gasteiger partial charge in [0.05, 0.1) is 12.7 Å². The van der Waals surface area contributed by atoms with Crippen LogP contribution in [-0.4, -0.2) is 47.5 Å². The molecule has 142 valence electrons. The molecule has 1 saturated heterocycles. The van der Waals surface area contributed by atoms with Gasteiger partial charge in [-0.2, -0.15) is 0 Å². The van der Waals surface area contributed by atoms with Crippen molar-refractivity contribution < 1.29 is 10.2 Å². The molecule has 5 aliphatic carbocycles. The molecule has 2 N–H and O–H groups in total. The first-order valence-corrected chi connectivity index (χ1v) is 11.0. The maximum absolute atomic E-state index is 11.3. The summed E-state index contributed by atoms with van der Waals surface area (Å²) in [6.07, 6.45) is 10.7. The van der Waals surface area contributed by atoms with E-state index in [0.717, 1.165) is 24.3 Å². The van der Waals surface area contributed by atoms with Crippen molar-refractivity contribution in [3.05, 3.63) is 0 Å². The van der Waals surface area contributed by atoms with Crippen LogP contribution < -0.4 is 0 Å². The van der Waals surface area contributed by atoms with Crippen LogP contribution in [0.2, 0.25) is 0 Å². The molecule has 4 bridgehead atoms. The minimum absolute atomic E-state index is 0.0678. The first kappa shape index (κ1) is 17.0. The van der Waals surface area contributed by atoms with Crippen molar-refractivity contribution in [3.8, 4) is 0 Å². The van der Waals surface area contributed by atoms with Crippen LogP contribution in [0.3, 0.4) is 0 Å². The topological polar surface area (TPSA) is 43.7 Å². The Hall–Kier alpha value is -0.120. The highest BCUT2D eigenvalue weighted by Gasteiger charge is 2.69. The van der Waals surface area contributed by atoms with Crippen LogP contribution in [0.1, 0.15) is 65.2 Å². The van der Waals surface area contributed by atoms with Crippen LogP contribution in [0.5, 0.6) is 0 Å². The summed E-state index contributed by atoms with van der Waals surface area (Å²) in [6, 6.07) is 0. The third kappa shape index (κ3) is 2.04. The third-order valence-corrected chi connectivity index (χ3v) is 10.1. The van der Waals surface area contributed by atoms with Gasteiger partial charge in [0, 0.05) is 25.0 Å². The monoisotopic (exact) mass is 347 g/mol. The smallest absolute Gasteiger partial charge is 0.0627 e. The van der Waals surface area contributed by atoms with Gasteiger partial charge in [0.25, 0.3) is 0 Å². The standard InChI is InChI=1S/C22H37NO2/c1-15-16-4-8-21(19(15)25)9-5-17-20(2)6-3-7-22(17,18(21)12-16)14-23(13-20)10-11-24/h15-19,24-25H,3-14H2,1-2H3. The molecular weight excluding hydrogens is 310 g/mol. The Morgan fingerprint density at radius 3 is 2.60 bits per heavy atom. The summed E-state index contributed by atoms with van der Waals surface area (Å²) in [7, 11) is 0. The van der Waals surface area contributed by atoms with Gasteiger partial charge in [0.1, 0.15) is 0 Å². The van der Waals surface area contributed by atoms with E-state index < -0.39 is 0 Å². The van der Waals surface area contributed by atoms with Crippen molar-refractivity contribution >= 4 is 0 Å². The molecule has 5 saturated carbocycles. The molecule has 0 radical (unpaired) electrons. The van der Waals surface area contributed by atoms with Crippen LogP contribution in [0.25, 0.3) is 0 Å². The quantitative estimate of drug-likeness (QED) is 0.805. The van der Waals surface area contributed by atoms with Crippen LogP contribution in [0.15, 0.2) is 0 Å². The van der Waals surface area contributed by atoms with E-state index in [1.165, 1.54) is 64.5 Å². The molecule has 0 aromatic rings. The van der Waals surface area contributed by atoms with Gasteiger partial charge in [0.2, 0.25) is 0 Å². The van der Waals surface area contributed by atoms with E-state index in [0.29, 0.717) is 16.7 Å². The molecular formula is C22H37NO2. The number of rotatable bonds is 2. The number of likely N-dealkylation sites (tertiary alicyclic amines) is 1. The lowest BCUT2D eigenvalue weighted by Gasteiger charge is -2.73. The van der Waals surface area contributed by atoms with Gasteiger partial charge in [0.15, 0.2) is 0 Å². The summed E-state index contributed by atoms with van der Waals surface area (Å²) in [6.45, 7) is 8.37. The highest BCUT2D eigenvalue weighted by molar-refractivity contribution is 5.19. The number of piperidine rings is 1. The number of aliphatic hydroxyl groups is 2. The number of aliphatic hydroxyl groups excluding tert-OH is 2. The van der Waals surface area contributed by atoms with Crippen molar-refractivity contribution in [1.29, 1.82) is 0 Å². The fraction of sp³-hybridized carbons (Fsp3) is 1.00. The molecule has 6 aliphatic rings. The highest BCUT2D eigenvalue weighted by Crippen LogP contribution is 2.73. The van der Waals surface area contributed by atoms with E-state index in [1.54, 1.807) is 0 Å². The van der Waals surface area contributed by atoms with Crippen LogP contribution in [0, 0.1) is 39.9 Å². The Morgan fingerprint density at radius 2 is 1.80 bits per heavy atom. The molecule has 25 heavy (non-hydrogen) atoms. The van der Waals surface area contributed by atoms with Crippen molar-refractivity contribution in [3.63, 3.8) is 0 Å². The lowest BCUT2D eigenvalue weighted by Crippen LogP contribution is -2.71. The summed E-state index contributed by atoms with van der Waals surface area (Å²) < 4.78 is 0. The molecule has 8 unspecified atom stereocenters. The number of hydrogen-bond acceptors (Lipinski definition) is 3. The highest BCUT2D eigenvalue weighted by atomic mass is 16.3. The number of nitrogens with zero attached hydrogens (tertiary/aromatic N) is 1. The van der Waals surface area contributed by atoms with Gasteiger partial charge < -0.3 is 10.2 Å². The second-order valence-corrected chi connectivity index (χ2v) is 10.9. The summed E-state index contributed by atoms with van der Waals surface area (Å²) in [4.78, 5) is 2.59. The van der Waals surface area contributed by atoms with Gasteiger partial charge in [-0.3, -0.25) is 4.90 Å². The maximum Gasteiger partial charge on any atom is 0.0627 e. The Kier molecular flexibility index (Phi) is 3.71. The maximum atomic E-state index is 11.3. The van der Waals surface area contributed by atoms with E-state index in [1.807, 2.05) is 0 Å². The molecule has 0 amide bonds. The minimum Gasteiger partial charge on any atom is -0.395 e. The molecule has 3 nitrogen and oxygen atoms in total. The predicted octanol–water partition coefficient (Wildman–Crippen LogP) is 3.29. The number of β-amino-alcohol motifs (C(OH)–C–C–N with tert-alkyl or cyclic N) is 1. The van der Waals surface area contributed by atoms with Gasteiger partial charge in [-0.25, -0.2) is 0 Å². The fourth-order valence-corrected chi connectivity index (χ4v) is 9.25. The van der Waals surface area contributed by atoms with E-state index in [9.17, 15) is 10.2 Å². The second kappa shape index (κ2) is 5.45. The fourth-order valence-electron chi connectivity index (χ4n) is 9.25. The molecule has 3 heteroatoms. The molecule has 0 aromatic heterocycles. The van der Waals surface area contributed by atoms with E-state index in [-0.39, 0.29) is 18.1 Å². The van der Waals surface area contributed by atoms with E-state index >= 15 is 0 Å². The summed E-state index contributed by atoms with van der Waals surface area (Å²) in [5.41, 5.74) is 1.06. The first-order valence-electron chi connectivity index (χ1n) is 11.0. The summed E-state index contributed by atoms with van der Waals surface area (Å²) in [5, 5.41) is 20.9. The largest absolute Gasteiger partial charge is 0.395 e. The minimum atomic E-state index is -0.0678. The molecule has 0 aromatic carbocycles. The van der Waals surface area contributed by atoms with Crippen LogP contribution in [-0.2, 0) is 0 Å². The molecule has 6 fully saturated rings. The van der Waals surface area contributed by atoms with Crippen molar-refractivity contribution in [2.45, 2.75) is 71.3 Å². The lowest BCUT2D eigenvalue weighted by atomic mass is 9.34. The van der Waals surface area contributed by atoms with Gasteiger partial charge in [-0.1, -0.05) is 20.3 Å². The molecule has 8 atom stereocenters. The molecule has 1 spiro atoms. The zero-order valence-electron chi connectivity index (χ0n) is 16.2. The number of hydrogen-bond donors (Lipinski definition) is 2. The van der Waals surface area contributed by atoms with Gasteiger partial charge >= 0.3 is 0 Å². The van der Waals surface area contributed by atoms with Gasteiger partial charge in [-0.15, -0.1) is 0 Å². The molecule has 1 heterocycles. The SMILES string of the molecule is CC1C2CCC3(CCC4C5(C)CCCC4(CN(CCO)C5)C3C2)C1O. The lowest BCUT2D eigenvalue weighted by molar-refractivity contribution is -0.266. The van der Waals surface area contributed by atoms with Crippen molar-refractivity contribution in [1.82, 2.24) is 4.90 Å².